The minimum atomic E-state index is -4.62. The molecule has 0 aromatic carbocycles. The zero-order valence-corrected chi connectivity index (χ0v) is 10.6. The number of aromatic nitrogens is 1. The Kier molecular flexibility index (Phi) is 4.94. The number of nitrogens with zero attached hydrogens (tertiary/aromatic N) is 2. The topological polar surface area (TPSA) is 50.3 Å². The molecule has 18 heavy (non-hydrogen) atoms. The lowest BCUT2D eigenvalue weighted by molar-refractivity contribution is -0.135. The van der Waals surface area contributed by atoms with E-state index in [1.807, 2.05) is 0 Å². The summed E-state index contributed by atoms with van der Waals surface area (Å²) >= 11 is 5.33. The van der Waals surface area contributed by atoms with E-state index in [9.17, 15) is 21.6 Å². The zero-order chi connectivity index (χ0) is 13.8. The maximum absolute atomic E-state index is 12.3. The van der Waals surface area contributed by atoms with E-state index in [-0.39, 0.29) is 15.1 Å². The maximum atomic E-state index is 12.3. The molecule has 0 saturated heterocycles. The van der Waals surface area contributed by atoms with Crippen LogP contribution < -0.4 is 0 Å². The summed E-state index contributed by atoms with van der Waals surface area (Å²) in [5.41, 5.74) is 0. The lowest BCUT2D eigenvalue weighted by Crippen LogP contribution is -2.40. The smallest absolute Gasteiger partial charge is 0.263 e. The van der Waals surface area contributed by atoms with Gasteiger partial charge < -0.3 is 0 Å². The van der Waals surface area contributed by atoms with Crippen LogP contribution in [-0.2, 0) is 10.0 Å². The predicted octanol–water partition coefficient (Wildman–Crippen LogP) is 1.87. The largest absolute Gasteiger partial charge is 0.402 e. The molecule has 0 radical (unpaired) electrons. The predicted molar refractivity (Wildman–Crippen MR) is 59.8 cm³/mol. The van der Waals surface area contributed by atoms with Crippen molar-refractivity contribution in [3.05, 3.63) is 24.5 Å². The normalized spacial score (nSPS) is 12.9. The van der Waals surface area contributed by atoms with Gasteiger partial charge in [-0.05, 0) is 12.1 Å². The van der Waals surface area contributed by atoms with Gasteiger partial charge in [-0.2, -0.15) is 17.5 Å². The fourth-order valence-corrected chi connectivity index (χ4v) is 2.92. The van der Waals surface area contributed by atoms with Crippen LogP contribution in [0.25, 0.3) is 0 Å². The van der Waals surface area contributed by atoms with Gasteiger partial charge in [0.1, 0.15) is 11.4 Å². The molecule has 4 nitrogen and oxygen atoms in total. The molecule has 0 aliphatic heterocycles. The van der Waals surface area contributed by atoms with Gasteiger partial charge in [0.05, 0.1) is 0 Å². The van der Waals surface area contributed by atoms with Crippen LogP contribution >= 0.6 is 11.6 Å². The van der Waals surface area contributed by atoms with Crippen LogP contribution in [-0.4, -0.2) is 42.9 Å². The van der Waals surface area contributed by atoms with Crippen molar-refractivity contribution in [3.8, 4) is 0 Å². The minimum Gasteiger partial charge on any atom is -0.263 e. The van der Waals surface area contributed by atoms with Crippen molar-refractivity contribution in [3.63, 3.8) is 0 Å². The highest BCUT2D eigenvalue weighted by molar-refractivity contribution is 7.89. The van der Waals surface area contributed by atoms with E-state index < -0.39 is 29.3 Å². The third-order valence-electron chi connectivity index (χ3n) is 1.96. The van der Waals surface area contributed by atoms with Crippen LogP contribution in [0.3, 0.4) is 0 Å². The Labute approximate surface area is 107 Å². The van der Waals surface area contributed by atoms with Gasteiger partial charge in [0.25, 0.3) is 0 Å². The molecule has 0 unspecified atom stereocenters. The highest BCUT2D eigenvalue weighted by atomic mass is 35.5. The fourth-order valence-electron chi connectivity index (χ4n) is 1.23. The molecule has 0 spiro atoms. The molecule has 0 bridgehead atoms. The number of halogens is 4. The lowest BCUT2D eigenvalue weighted by atomic mass is 10.5. The summed E-state index contributed by atoms with van der Waals surface area (Å²) in [7, 11) is -4.23. The highest BCUT2D eigenvalue weighted by Gasteiger charge is 2.36. The monoisotopic (exact) mass is 302 g/mol. The van der Waals surface area contributed by atoms with Crippen LogP contribution in [0.5, 0.6) is 0 Å². The van der Waals surface area contributed by atoms with E-state index in [4.69, 9.17) is 11.6 Å². The summed E-state index contributed by atoms with van der Waals surface area (Å²) in [5, 5.41) is 0. The molecule has 0 aliphatic carbocycles. The molecule has 1 rings (SSSR count). The van der Waals surface area contributed by atoms with Crippen molar-refractivity contribution in [1.29, 1.82) is 0 Å². The SMILES string of the molecule is O=S(=O)(c1cccnc1)N(CCCl)CC(F)(F)F. The van der Waals surface area contributed by atoms with Gasteiger partial charge in [-0.15, -0.1) is 11.6 Å². The highest BCUT2D eigenvalue weighted by Crippen LogP contribution is 2.22. The quantitative estimate of drug-likeness (QED) is 0.780. The average molecular weight is 303 g/mol. The summed E-state index contributed by atoms with van der Waals surface area (Å²) in [6.07, 6.45) is -2.30. The van der Waals surface area contributed by atoms with Crippen LogP contribution in [0.1, 0.15) is 0 Å². The Morgan fingerprint density at radius 3 is 2.50 bits per heavy atom. The second-order valence-electron chi connectivity index (χ2n) is 3.33. The van der Waals surface area contributed by atoms with Crippen LogP contribution in [0.4, 0.5) is 13.2 Å². The van der Waals surface area contributed by atoms with E-state index in [2.05, 4.69) is 4.98 Å². The minimum absolute atomic E-state index is 0.227. The number of sulfonamides is 1. The van der Waals surface area contributed by atoms with Gasteiger partial charge >= 0.3 is 6.18 Å². The van der Waals surface area contributed by atoms with E-state index >= 15 is 0 Å². The summed E-state index contributed by atoms with van der Waals surface area (Å²) in [4.78, 5) is 3.28. The van der Waals surface area contributed by atoms with Gasteiger partial charge in [0, 0.05) is 24.8 Å². The van der Waals surface area contributed by atoms with Crippen molar-refractivity contribution in [2.24, 2.45) is 0 Å². The average Bonchev–Trinajstić information content (AvgIpc) is 2.28. The molecule has 0 amide bonds. The number of alkyl halides is 4. The maximum Gasteiger partial charge on any atom is 0.402 e. The van der Waals surface area contributed by atoms with E-state index in [0.29, 0.717) is 0 Å². The van der Waals surface area contributed by atoms with Crippen molar-refractivity contribution in [2.75, 3.05) is 19.0 Å². The first-order valence-corrected chi connectivity index (χ1v) is 6.78. The Bertz CT molecular complexity index is 478. The van der Waals surface area contributed by atoms with Crippen molar-refractivity contribution < 1.29 is 21.6 Å². The molecular weight excluding hydrogens is 293 g/mol. The van der Waals surface area contributed by atoms with Crippen molar-refractivity contribution >= 4 is 21.6 Å². The summed E-state index contributed by atoms with van der Waals surface area (Å²) in [6.45, 7) is -1.99. The van der Waals surface area contributed by atoms with Crippen molar-refractivity contribution in [1.82, 2.24) is 9.29 Å². The Morgan fingerprint density at radius 1 is 1.39 bits per heavy atom. The Morgan fingerprint density at radius 2 is 2.06 bits per heavy atom. The number of hydrogen-bond acceptors (Lipinski definition) is 3. The molecule has 0 atom stereocenters. The molecule has 9 heteroatoms. The van der Waals surface area contributed by atoms with Gasteiger partial charge in [-0.3, -0.25) is 4.98 Å². The number of rotatable bonds is 5. The lowest BCUT2D eigenvalue weighted by Gasteiger charge is -2.22. The van der Waals surface area contributed by atoms with Gasteiger partial charge in [0.15, 0.2) is 0 Å². The molecule has 0 N–H and O–H groups in total. The van der Waals surface area contributed by atoms with E-state index in [1.165, 1.54) is 18.3 Å². The summed E-state index contributed by atoms with van der Waals surface area (Å²) < 4.78 is 61.1. The summed E-state index contributed by atoms with van der Waals surface area (Å²) in [6, 6.07) is 2.51. The van der Waals surface area contributed by atoms with E-state index in [0.717, 1.165) is 6.20 Å². The van der Waals surface area contributed by atoms with E-state index in [1.54, 1.807) is 0 Å². The third kappa shape index (κ3) is 4.11. The first-order valence-electron chi connectivity index (χ1n) is 4.80. The second-order valence-corrected chi connectivity index (χ2v) is 5.65. The first kappa shape index (κ1) is 15.2. The zero-order valence-electron chi connectivity index (χ0n) is 9.06. The molecule has 0 saturated carbocycles. The second kappa shape index (κ2) is 5.85. The molecular formula is C9H10ClF3N2O2S. The summed E-state index contributed by atoms with van der Waals surface area (Å²) in [5.74, 6) is -0.227. The molecule has 102 valence electrons. The Hall–Kier alpha value is -0.860. The standard InChI is InChI=1S/C9H10ClF3N2O2S/c10-3-5-15(7-9(11,12)13)18(16,17)8-2-1-4-14-6-8/h1-2,4,6H,3,5,7H2. The molecule has 0 fully saturated rings. The fraction of sp³-hybridized carbons (Fsp3) is 0.444. The van der Waals surface area contributed by atoms with Crippen molar-refractivity contribution in [2.45, 2.75) is 11.1 Å². The first-order chi connectivity index (χ1) is 8.27. The number of hydrogen-bond donors (Lipinski definition) is 0. The molecule has 1 heterocycles. The molecule has 1 aromatic rings. The van der Waals surface area contributed by atoms with Gasteiger partial charge in [-0.1, -0.05) is 0 Å². The van der Waals surface area contributed by atoms with Crippen LogP contribution in [0.15, 0.2) is 29.4 Å². The molecule has 0 aliphatic rings. The van der Waals surface area contributed by atoms with Crippen LogP contribution in [0, 0.1) is 0 Å². The Balaban J connectivity index is 3.05. The van der Waals surface area contributed by atoms with Gasteiger partial charge in [0.2, 0.25) is 10.0 Å². The number of pyridine rings is 1. The molecule has 1 aromatic heterocycles. The van der Waals surface area contributed by atoms with Crippen LogP contribution in [0.2, 0.25) is 0 Å². The van der Waals surface area contributed by atoms with Gasteiger partial charge in [-0.25, -0.2) is 8.42 Å². The third-order valence-corrected chi connectivity index (χ3v) is 3.96.